The third-order valence-corrected chi connectivity index (χ3v) is 5.53. The Kier molecular flexibility index (Phi) is 6.30. The SMILES string of the molecule is CC(C)(C)C(=O)N[C@@H](c1ccccn1)[C@@H]1CCCN(C[C@@H]2CCOC2)C1. The summed E-state index contributed by atoms with van der Waals surface area (Å²) in [5.41, 5.74) is 0.573. The Morgan fingerprint density at radius 1 is 1.38 bits per heavy atom. The minimum Gasteiger partial charge on any atom is -0.381 e. The normalized spacial score (nSPS) is 25.8. The van der Waals surface area contributed by atoms with Gasteiger partial charge >= 0.3 is 0 Å². The van der Waals surface area contributed by atoms with Crippen LogP contribution in [-0.4, -0.2) is 48.6 Å². The predicted molar refractivity (Wildman–Crippen MR) is 103 cm³/mol. The van der Waals surface area contributed by atoms with Crippen LogP contribution in [0.5, 0.6) is 0 Å². The molecule has 144 valence electrons. The van der Waals surface area contributed by atoms with E-state index < -0.39 is 5.41 Å². The number of aromatic nitrogens is 1. The number of hydrogen-bond donors (Lipinski definition) is 1. The number of carbonyl (C=O) groups excluding carboxylic acids is 1. The Balaban J connectivity index is 1.71. The van der Waals surface area contributed by atoms with Gasteiger partial charge in [-0.25, -0.2) is 0 Å². The first kappa shape index (κ1) is 19.3. The minimum atomic E-state index is -0.400. The van der Waals surface area contributed by atoms with Crippen molar-refractivity contribution in [2.45, 2.75) is 46.1 Å². The number of nitrogens with zero attached hydrogens (tertiary/aromatic N) is 2. The van der Waals surface area contributed by atoms with E-state index in [0.717, 1.165) is 45.0 Å². The smallest absolute Gasteiger partial charge is 0.225 e. The molecule has 1 aromatic rings. The number of hydrogen-bond acceptors (Lipinski definition) is 4. The van der Waals surface area contributed by atoms with Crippen molar-refractivity contribution in [3.8, 4) is 0 Å². The highest BCUT2D eigenvalue weighted by molar-refractivity contribution is 5.81. The van der Waals surface area contributed by atoms with Crippen LogP contribution in [0.4, 0.5) is 0 Å². The molecule has 1 N–H and O–H groups in total. The molecular formula is C21H33N3O2. The number of amides is 1. The van der Waals surface area contributed by atoms with E-state index in [1.807, 2.05) is 45.2 Å². The molecule has 0 aromatic carbocycles. The summed E-state index contributed by atoms with van der Waals surface area (Å²) in [4.78, 5) is 19.8. The van der Waals surface area contributed by atoms with Crippen LogP contribution in [0.2, 0.25) is 0 Å². The van der Waals surface area contributed by atoms with Crippen molar-refractivity contribution < 1.29 is 9.53 Å². The number of carbonyl (C=O) groups is 1. The highest BCUT2D eigenvalue weighted by Gasteiger charge is 2.33. The lowest BCUT2D eigenvalue weighted by Crippen LogP contribution is -2.46. The quantitative estimate of drug-likeness (QED) is 0.878. The number of pyridine rings is 1. The molecule has 5 nitrogen and oxygen atoms in total. The zero-order valence-electron chi connectivity index (χ0n) is 16.4. The van der Waals surface area contributed by atoms with Gasteiger partial charge in [0.15, 0.2) is 0 Å². The largest absolute Gasteiger partial charge is 0.381 e. The Bertz CT molecular complexity index is 579. The molecule has 0 aliphatic carbocycles. The maximum absolute atomic E-state index is 12.7. The second-order valence-electron chi connectivity index (χ2n) is 8.85. The van der Waals surface area contributed by atoms with Gasteiger partial charge < -0.3 is 15.0 Å². The lowest BCUT2D eigenvalue weighted by molar-refractivity contribution is -0.130. The van der Waals surface area contributed by atoms with Crippen molar-refractivity contribution >= 4 is 5.91 Å². The van der Waals surface area contributed by atoms with Crippen molar-refractivity contribution in [1.29, 1.82) is 0 Å². The zero-order chi connectivity index (χ0) is 18.6. The Labute approximate surface area is 157 Å². The van der Waals surface area contributed by atoms with E-state index in [0.29, 0.717) is 11.8 Å². The van der Waals surface area contributed by atoms with E-state index in [9.17, 15) is 4.79 Å². The van der Waals surface area contributed by atoms with Gasteiger partial charge in [0.25, 0.3) is 0 Å². The van der Waals surface area contributed by atoms with Crippen LogP contribution in [0.15, 0.2) is 24.4 Å². The first-order chi connectivity index (χ1) is 12.4. The zero-order valence-corrected chi connectivity index (χ0v) is 16.4. The molecule has 5 heteroatoms. The fourth-order valence-electron chi connectivity index (χ4n) is 3.97. The highest BCUT2D eigenvalue weighted by atomic mass is 16.5. The summed E-state index contributed by atoms with van der Waals surface area (Å²) < 4.78 is 5.54. The molecule has 0 unspecified atom stereocenters. The van der Waals surface area contributed by atoms with Crippen molar-refractivity contribution in [1.82, 2.24) is 15.2 Å². The molecular weight excluding hydrogens is 326 g/mol. The summed E-state index contributed by atoms with van der Waals surface area (Å²) >= 11 is 0. The van der Waals surface area contributed by atoms with E-state index >= 15 is 0 Å². The molecule has 0 spiro atoms. The van der Waals surface area contributed by atoms with Crippen LogP contribution in [0, 0.1) is 17.3 Å². The molecule has 3 atom stereocenters. The highest BCUT2D eigenvalue weighted by Crippen LogP contribution is 2.31. The van der Waals surface area contributed by atoms with Crippen LogP contribution in [0.1, 0.15) is 51.8 Å². The molecule has 3 heterocycles. The summed E-state index contributed by atoms with van der Waals surface area (Å²) in [6, 6.07) is 5.96. The summed E-state index contributed by atoms with van der Waals surface area (Å²) in [6.07, 6.45) is 5.30. The van der Waals surface area contributed by atoms with E-state index in [-0.39, 0.29) is 11.9 Å². The van der Waals surface area contributed by atoms with Gasteiger partial charge in [0.1, 0.15) is 0 Å². The second-order valence-corrected chi connectivity index (χ2v) is 8.85. The fourth-order valence-corrected chi connectivity index (χ4v) is 3.97. The van der Waals surface area contributed by atoms with Crippen LogP contribution < -0.4 is 5.32 Å². The lowest BCUT2D eigenvalue weighted by atomic mass is 9.86. The molecule has 2 aliphatic rings. The Morgan fingerprint density at radius 2 is 2.23 bits per heavy atom. The molecule has 1 amide bonds. The monoisotopic (exact) mass is 359 g/mol. The molecule has 26 heavy (non-hydrogen) atoms. The molecule has 0 saturated carbocycles. The molecule has 2 saturated heterocycles. The van der Waals surface area contributed by atoms with Gasteiger partial charge in [0, 0.05) is 31.3 Å². The average molecular weight is 360 g/mol. The predicted octanol–water partition coefficient (Wildman–Crippen LogP) is 3.03. The fraction of sp³-hybridized carbons (Fsp3) is 0.714. The van der Waals surface area contributed by atoms with E-state index in [1.54, 1.807) is 0 Å². The molecule has 2 fully saturated rings. The van der Waals surface area contributed by atoms with E-state index in [4.69, 9.17) is 4.74 Å². The van der Waals surface area contributed by atoms with Gasteiger partial charge in [-0.15, -0.1) is 0 Å². The Hall–Kier alpha value is -1.46. The van der Waals surface area contributed by atoms with Gasteiger partial charge in [-0.2, -0.15) is 0 Å². The lowest BCUT2D eigenvalue weighted by Gasteiger charge is -2.38. The van der Waals surface area contributed by atoms with Crippen LogP contribution in [-0.2, 0) is 9.53 Å². The van der Waals surface area contributed by atoms with Gasteiger partial charge in [-0.05, 0) is 49.8 Å². The molecule has 0 radical (unpaired) electrons. The maximum atomic E-state index is 12.7. The summed E-state index contributed by atoms with van der Waals surface area (Å²) in [6.45, 7) is 11.0. The maximum Gasteiger partial charge on any atom is 0.225 e. The number of piperidine rings is 1. The van der Waals surface area contributed by atoms with Gasteiger partial charge in [-0.3, -0.25) is 9.78 Å². The van der Waals surface area contributed by atoms with Gasteiger partial charge in [-0.1, -0.05) is 26.8 Å². The number of rotatable bonds is 5. The molecule has 1 aromatic heterocycles. The van der Waals surface area contributed by atoms with Crippen LogP contribution in [0.3, 0.4) is 0 Å². The number of nitrogens with one attached hydrogen (secondary N) is 1. The first-order valence-corrected chi connectivity index (χ1v) is 9.95. The van der Waals surface area contributed by atoms with Gasteiger partial charge in [0.05, 0.1) is 18.3 Å². The van der Waals surface area contributed by atoms with E-state index in [2.05, 4.69) is 15.2 Å². The van der Waals surface area contributed by atoms with Gasteiger partial charge in [0.2, 0.25) is 5.91 Å². The first-order valence-electron chi connectivity index (χ1n) is 9.95. The average Bonchev–Trinajstić information content (AvgIpc) is 3.12. The summed E-state index contributed by atoms with van der Waals surface area (Å²) in [7, 11) is 0. The van der Waals surface area contributed by atoms with Crippen LogP contribution >= 0.6 is 0 Å². The molecule has 3 rings (SSSR count). The van der Waals surface area contributed by atoms with Crippen LogP contribution in [0.25, 0.3) is 0 Å². The van der Waals surface area contributed by atoms with Crippen molar-refractivity contribution in [3.63, 3.8) is 0 Å². The third-order valence-electron chi connectivity index (χ3n) is 5.53. The minimum absolute atomic E-state index is 0.0226. The van der Waals surface area contributed by atoms with Crippen molar-refractivity contribution in [2.24, 2.45) is 17.3 Å². The topological polar surface area (TPSA) is 54.5 Å². The van der Waals surface area contributed by atoms with E-state index in [1.165, 1.54) is 12.8 Å². The van der Waals surface area contributed by atoms with Crippen molar-refractivity contribution in [3.05, 3.63) is 30.1 Å². The number of likely N-dealkylation sites (tertiary alicyclic amines) is 1. The number of ether oxygens (including phenoxy) is 1. The van der Waals surface area contributed by atoms with Crippen molar-refractivity contribution in [2.75, 3.05) is 32.8 Å². The second kappa shape index (κ2) is 8.49. The molecule has 0 bridgehead atoms. The summed E-state index contributed by atoms with van der Waals surface area (Å²) in [5.74, 6) is 1.15. The standard InChI is InChI=1S/C21H33N3O2/c1-21(2,3)20(25)23-19(18-8-4-5-10-22-18)17-7-6-11-24(14-17)13-16-9-12-26-15-16/h4-5,8,10,16-17,19H,6-7,9,11-15H2,1-3H3,(H,23,25)/t16-,17+,19+/m0/s1. The Morgan fingerprint density at radius 3 is 2.88 bits per heavy atom. The third kappa shape index (κ3) is 5.04. The molecule has 2 aliphatic heterocycles. The summed E-state index contributed by atoms with van der Waals surface area (Å²) in [5, 5.41) is 3.30.